The zero-order valence-electron chi connectivity index (χ0n) is 31.4. The molecular weight excluding hydrogens is 655 g/mol. The molecule has 0 radical (unpaired) electrons. The Morgan fingerprint density at radius 3 is 2.58 bits per heavy atom. The zero-order chi connectivity index (χ0) is 35.9. The molecule has 1 saturated carbocycles. The van der Waals surface area contributed by atoms with Gasteiger partial charge in [0.2, 0.25) is 0 Å². The van der Waals surface area contributed by atoms with Crippen molar-refractivity contribution in [3.05, 3.63) is 119 Å². The third-order valence-electron chi connectivity index (χ3n) is 13.0. The number of ether oxygens (including phenoxy) is 1. The molecule has 1 N–H and O–H groups in total. The van der Waals surface area contributed by atoms with E-state index in [1.54, 1.807) is 17.3 Å². The molecule has 5 aromatic rings. The SMILES string of the molecule is CC(C)c1ccccc1C1CN(Cc2ccc3c(c2)CCCC3)CCN1C1CC2(CCN(c3ccc(C=O)c(Oc4cnc5[nH]ccc5c4)c3)CC2)C1. The Kier molecular flexibility index (Phi) is 9.33. The lowest BCUT2D eigenvalue weighted by molar-refractivity contribution is -0.0628. The lowest BCUT2D eigenvalue weighted by Crippen LogP contribution is -2.60. The molecule has 3 aromatic carbocycles. The Labute approximate surface area is 314 Å². The number of pyridine rings is 1. The lowest BCUT2D eigenvalue weighted by Gasteiger charge is -2.58. The molecule has 3 fully saturated rings. The molecule has 9 rings (SSSR count). The normalized spacial score (nSPS) is 20.8. The minimum atomic E-state index is 0.420. The molecule has 4 aliphatic rings. The van der Waals surface area contributed by atoms with E-state index in [0.717, 1.165) is 62.3 Å². The van der Waals surface area contributed by atoms with Crippen LogP contribution >= 0.6 is 0 Å². The van der Waals surface area contributed by atoms with Gasteiger partial charge in [0.1, 0.15) is 17.1 Å². The fourth-order valence-corrected chi connectivity index (χ4v) is 10.0. The van der Waals surface area contributed by atoms with E-state index in [9.17, 15) is 4.79 Å². The number of piperazine rings is 1. The van der Waals surface area contributed by atoms with Gasteiger partial charge in [-0.1, -0.05) is 56.3 Å². The van der Waals surface area contributed by atoms with Gasteiger partial charge in [0.05, 0.1) is 11.8 Å². The number of anilines is 1. The van der Waals surface area contributed by atoms with Crippen LogP contribution in [0.5, 0.6) is 11.5 Å². The fourth-order valence-electron chi connectivity index (χ4n) is 10.0. The molecule has 7 heteroatoms. The third kappa shape index (κ3) is 6.90. The minimum Gasteiger partial charge on any atom is -0.455 e. The third-order valence-corrected chi connectivity index (χ3v) is 13.0. The van der Waals surface area contributed by atoms with Crippen molar-refractivity contribution in [1.29, 1.82) is 0 Å². The second kappa shape index (κ2) is 14.4. The largest absolute Gasteiger partial charge is 0.455 e. The highest BCUT2D eigenvalue weighted by Crippen LogP contribution is 2.53. The summed E-state index contributed by atoms with van der Waals surface area (Å²) in [7, 11) is 0. The standard InChI is InChI=1S/C46H53N5O2/c1-32(2)41-9-5-6-10-42(41)43-30-49(29-33-11-12-34-7-3-4-8-35(34)23-33)21-22-51(43)39-26-46(27-39)16-19-50(20-17-46)38-14-13-37(31-52)44(25-38)53-40-24-36-15-18-47-45(36)48-28-40/h5-6,9-15,18,23-25,28,31-32,39,43H,3-4,7-8,16-17,19-22,26-27,29-30H2,1-2H3,(H,47,48). The van der Waals surface area contributed by atoms with Crippen LogP contribution < -0.4 is 9.64 Å². The first kappa shape index (κ1) is 34.3. The lowest BCUT2D eigenvalue weighted by atomic mass is 9.59. The zero-order valence-corrected chi connectivity index (χ0v) is 31.4. The summed E-state index contributed by atoms with van der Waals surface area (Å²) < 4.78 is 6.25. The van der Waals surface area contributed by atoms with Crippen molar-refractivity contribution in [1.82, 2.24) is 19.8 Å². The van der Waals surface area contributed by atoms with E-state index in [1.165, 1.54) is 68.1 Å². The molecule has 0 amide bonds. The number of hydrogen-bond acceptors (Lipinski definition) is 6. The molecule has 4 heterocycles. The van der Waals surface area contributed by atoms with Gasteiger partial charge in [0.25, 0.3) is 0 Å². The highest BCUT2D eigenvalue weighted by atomic mass is 16.5. The second-order valence-corrected chi connectivity index (χ2v) is 16.7. The molecule has 2 aromatic heterocycles. The van der Waals surface area contributed by atoms with Gasteiger partial charge in [-0.15, -0.1) is 0 Å². The first-order valence-electron chi connectivity index (χ1n) is 20.1. The van der Waals surface area contributed by atoms with Crippen LogP contribution in [0.3, 0.4) is 0 Å². The summed E-state index contributed by atoms with van der Waals surface area (Å²) in [6, 6.07) is 27.6. The average Bonchev–Trinajstić information content (AvgIpc) is 3.65. The van der Waals surface area contributed by atoms with Crippen LogP contribution in [0.4, 0.5) is 5.69 Å². The molecule has 1 atom stereocenters. The van der Waals surface area contributed by atoms with E-state index < -0.39 is 0 Å². The number of benzene rings is 3. The number of aromatic amines is 1. The van der Waals surface area contributed by atoms with Crippen LogP contribution in [0, 0.1) is 5.41 Å². The predicted molar refractivity (Wildman–Crippen MR) is 213 cm³/mol. The number of nitrogens with one attached hydrogen (secondary N) is 1. The summed E-state index contributed by atoms with van der Waals surface area (Å²) >= 11 is 0. The van der Waals surface area contributed by atoms with Crippen LogP contribution in [0.25, 0.3) is 11.0 Å². The van der Waals surface area contributed by atoms with E-state index in [-0.39, 0.29) is 0 Å². The van der Waals surface area contributed by atoms with Crippen LogP contribution in [0.1, 0.15) is 103 Å². The molecule has 53 heavy (non-hydrogen) atoms. The van der Waals surface area contributed by atoms with Gasteiger partial charge in [-0.3, -0.25) is 14.6 Å². The number of aldehydes is 1. The number of fused-ring (bicyclic) bond motifs is 2. The molecule has 1 spiro atoms. The average molecular weight is 708 g/mol. The van der Waals surface area contributed by atoms with E-state index >= 15 is 0 Å². The molecule has 2 aliphatic carbocycles. The molecule has 2 aliphatic heterocycles. The second-order valence-electron chi connectivity index (χ2n) is 16.7. The number of nitrogens with zero attached hydrogens (tertiary/aromatic N) is 4. The highest BCUT2D eigenvalue weighted by Gasteiger charge is 2.50. The predicted octanol–water partition coefficient (Wildman–Crippen LogP) is 9.48. The van der Waals surface area contributed by atoms with Crippen molar-refractivity contribution < 1.29 is 9.53 Å². The van der Waals surface area contributed by atoms with Gasteiger partial charge in [-0.25, -0.2) is 4.98 Å². The van der Waals surface area contributed by atoms with Gasteiger partial charge in [-0.05, 0) is 115 Å². The number of carbonyl (C=O) groups is 1. The summed E-state index contributed by atoms with van der Waals surface area (Å²) in [5, 5.41) is 0.980. The molecular formula is C46H53N5O2. The fraction of sp³-hybridized carbons (Fsp3) is 0.435. The summed E-state index contributed by atoms with van der Waals surface area (Å²) in [6.07, 6.45) is 14.6. The first-order valence-corrected chi connectivity index (χ1v) is 20.1. The first-order chi connectivity index (χ1) is 25.9. The molecule has 2 saturated heterocycles. The number of aryl methyl sites for hydroxylation is 2. The van der Waals surface area contributed by atoms with Crippen LogP contribution in [0.2, 0.25) is 0 Å². The Morgan fingerprint density at radius 2 is 1.75 bits per heavy atom. The van der Waals surface area contributed by atoms with Gasteiger partial charge in [0, 0.05) is 74.7 Å². The van der Waals surface area contributed by atoms with E-state index in [4.69, 9.17) is 4.74 Å². The van der Waals surface area contributed by atoms with Crippen molar-refractivity contribution in [3.63, 3.8) is 0 Å². The van der Waals surface area contributed by atoms with Gasteiger partial charge < -0.3 is 14.6 Å². The summed E-state index contributed by atoms with van der Waals surface area (Å²) in [5.74, 6) is 1.72. The summed E-state index contributed by atoms with van der Waals surface area (Å²) in [6.45, 7) is 11.2. The smallest absolute Gasteiger partial charge is 0.153 e. The topological polar surface area (TPSA) is 64.7 Å². The maximum absolute atomic E-state index is 12.0. The maximum atomic E-state index is 12.0. The Hall–Kier alpha value is -4.46. The van der Waals surface area contributed by atoms with Crippen LogP contribution in [-0.2, 0) is 19.4 Å². The number of hydrogen-bond donors (Lipinski definition) is 1. The minimum absolute atomic E-state index is 0.420. The molecule has 0 bridgehead atoms. The molecule has 274 valence electrons. The number of H-pyrrole nitrogens is 1. The molecule has 7 nitrogen and oxygen atoms in total. The van der Waals surface area contributed by atoms with Crippen LogP contribution in [-0.4, -0.2) is 64.8 Å². The van der Waals surface area contributed by atoms with Crippen LogP contribution in [0.15, 0.2) is 85.2 Å². The van der Waals surface area contributed by atoms with Crippen molar-refractivity contribution >= 4 is 23.0 Å². The quantitative estimate of drug-likeness (QED) is 0.154. The Morgan fingerprint density at radius 1 is 0.925 bits per heavy atom. The number of rotatable bonds is 9. The Balaban J connectivity index is 0.873. The summed E-state index contributed by atoms with van der Waals surface area (Å²) in [4.78, 5) is 27.7. The Bertz CT molecular complexity index is 2090. The van der Waals surface area contributed by atoms with Crippen molar-refractivity contribution in [2.24, 2.45) is 5.41 Å². The maximum Gasteiger partial charge on any atom is 0.153 e. The van der Waals surface area contributed by atoms with E-state index in [2.05, 4.69) is 87.0 Å². The van der Waals surface area contributed by atoms with E-state index in [1.807, 2.05) is 30.5 Å². The van der Waals surface area contributed by atoms with Crippen molar-refractivity contribution in [2.75, 3.05) is 37.6 Å². The van der Waals surface area contributed by atoms with Crippen molar-refractivity contribution in [3.8, 4) is 11.5 Å². The van der Waals surface area contributed by atoms with Gasteiger partial charge >= 0.3 is 0 Å². The molecule has 1 unspecified atom stereocenters. The number of carbonyl (C=O) groups excluding carboxylic acids is 1. The number of aromatic nitrogens is 2. The van der Waals surface area contributed by atoms with Gasteiger partial charge in [0.15, 0.2) is 6.29 Å². The summed E-state index contributed by atoms with van der Waals surface area (Å²) in [5.41, 5.74) is 10.6. The number of piperidine rings is 1. The van der Waals surface area contributed by atoms with Crippen molar-refractivity contribution in [2.45, 2.75) is 89.8 Å². The van der Waals surface area contributed by atoms with E-state index in [0.29, 0.717) is 40.5 Å². The monoisotopic (exact) mass is 707 g/mol. The van der Waals surface area contributed by atoms with Gasteiger partial charge in [-0.2, -0.15) is 0 Å². The highest BCUT2D eigenvalue weighted by molar-refractivity contribution is 5.81.